The van der Waals surface area contributed by atoms with E-state index < -0.39 is 5.17 Å². The first-order chi connectivity index (χ1) is 7.43. The van der Waals surface area contributed by atoms with Crippen molar-refractivity contribution < 1.29 is 10.2 Å². The maximum absolute atomic E-state index is 8.83. The van der Waals surface area contributed by atoms with Crippen LogP contribution in [-0.2, 0) is 0 Å². The van der Waals surface area contributed by atoms with E-state index in [0.717, 1.165) is 12.8 Å². The number of unbranched alkanes of at least 4 members (excludes halogenated alkanes) is 2. The molecule has 0 aliphatic rings. The summed E-state index contributed by atoms with van der Waals surface area (Å²) in [5.74, 6) is 0. The minimum absolute atomic E-state index is 0. The number of rotatable bonds is 6. The Kier molecular flexibility index (Phi) is 21.3. The molecule has 0 aromatic heterocycles. The van der Waals surface area contributed by atoms with E-state index in [0.29, 0.717) is 6.04 Å². The van der Waals surface area contributed by atoms with Gasteiger partial charge >= 0.3 is 24.4 Å². The summed E-state index contributed by atoms with van der Waals surface area (Å²) in [6.45, 7) is 4.28. The zero-order valence-electron chi connectivity index (χ0n) is 10.6. The maximum atomic E-state index is 8.83. The van der Waals surface area contributed by atoms with Gasteiger partial charge in [-0.25, -0.2) is 0 Å². The summed E-state index contributed by atoms with van der Waals surface area (Å²) in [6.07, 6.45) is 5.83. The number of hydrogen-bond donors (Lipinski definition) is 4. The summed E-state index contributed by atoms with van der Waals surface area (Å²) in [6, 6.07) is 0.356. The standard InChI is InChI=1S/C9H19NOS.CH3NOS.Sb.3H/c1-3-5-6-7-8(4-2)10-9(11)12;2-1(3)4;;;;/h8H,3-7H2,1-2H3,(H2,10,11,12);(H3,2,3,4);;;;. The second-order valence-corrected chi connectivity index (χ2v) is 4.19. The average Bonchev–Trinajstić information content (AvgIpc) is 2.15. The quantitative estimate of drug-likeness (QED) is 0.311. The van der Waals surface area contributed by atoms with Gasteiger partial charge in [0.15, 0.2) is 0 Å². The van der Waals surface area contributed by atoms with E-state index in [1.54, 1.807) is 0 Å². The van der Waals surface area contributed by atoms with E-state index in [1.165, 1.54) is 19.3 Å². The van der Waals surface area contributed by atoms with E-state index in [4.69, 9.17) is 10.2 Å². The van der Waals surface area contributed by atoms with E-state index in [2.05, 4.69) is 49.3 Å². The van der Waals surface area contributed by atoms with Crippen LogP contribution >= 0.6 is 24.4 Å². The molecule has 17 heavy (non-hydrogen) atoms. The predicted octanol–water partition coefficient (Wildman–Crippen LogP) is 1.38. The Labute approximate surface area is 132 Å². The monoisotopic (exact) mass is 390 g/mol. The molecule has 0 bridgehead atoms. The summed E-state index contributed by atoms with van der Waals surface area (Å²) in [4.78, 5) is 0. The number of aliphatic hydroxyl groups is 2. The molecule has 5 N–H and O–H groups in total. The fourth-order valence-electron chi connectivity index (χ4n) is 1.19. The van der Waals surface area contributed by atoms with E-state index in [-0.39, 0.29) is 29.6 Å². The molecule has 4 nitrogen and oxygen atoms in total. The molecule has 0 spiro atoms. The molecule has 7 heteroatoms. The molecule has 1 atom stereocenters. The van der Waals surface area contributed by atoms with Crippen molar-refractivity contribution >= 4 is 59.2 Å². The van der Waals surface area contributed by atoms with Crippen molar-refractivity contribution in [2.75, 3.05) is 0 Å². The number of aliphatic hydroxyl groups excluding tert-OH is 2. The van der Waals surface area contributed by atoms with Gasteiger partial charge in [-0.1, -0.05) is 33.1 Å². The average molecular weight is 391 g/mol. The van der Waals surface area contributed by atoms with Gasteiger partial charge < -0.3 is 21.3 Å². The van der Waals surface area contributed by atoms with Crippen molar-refractivity contribution in [1.29, 1.82) is 0 Å². The third kappa shape index (κ3) is 26.0. The second kappa shape index (κ2) is 16.2. The van der Waals surface area contributed by atoms with E-state index in [9.17, 15) is 0 Å². The fourth-order valence-corrected chi connectivity index (χ4v) is 1.36. The first kappa shape index (κ1) is 22.4. The van der Waals surface area contributed by atoms with Crippen LogP contribution in [0.15, 0.2) is 0 Å². The second-order valence-electron chi connectivity index (χ2n) is 3.39. The van der Waals surface area contributed by atoms with Crippen molar-refractivity contribution in [1.82, 2.24) is 5.32 Å². The molecule has 104 valence electrons. The van der Waals surface area contributed by atoms with Gasteiger partial charge in [0.25, 0.3) is 10.3 Å². The fraction of sp³-hybridized carbons (Fsp3) is 0.800. The Morgan fingerprint density at radius 1 is 1.24 bits per heavy atom. The molecule has 0 amide bonds. The van der Waals surface area contributed by atoms with Crippen LogP contribution in [0.25, 0.3) is 0 Å². The molecular weight excluding hydrogens is 366 g/mol. The van der Waals surface area contributed by atoms with Crippen LogP contribution in [0.1, 0.15) is 46.0 Å². The van der Waals surface area contributed by atoms with Gasteiger partial charge in [0, 0.05) is 6.04 Å². The van der Waals surface area contributed by atoms with Crippen LogP contribution in [0.2, 0.25) is 0 Å². The first-order valence-electron chi connectivity index (χ1n) is 5.41. The number of nitrogens with two attached hydrogens (primary N) is 1. The predicted molar refractivity (Wildman–Crippen MR) is 85.9 cm³/mol. The minimum atomic E-state index is -0.500. The molecule has 0 aromatic rings. The Bertz CT molecular complexity index is 203. The topological polar surface area (TPSA) is 78.5 Å². The van der Waals surface area contributed by atoms with Crippen LogP contribution in [0.5, 0.6) is 0 Å². The Morgan fingerprint density at radius 3 is 2.00 bits per heavy atom. The first-order valence-corrected chi connectivity index (χ1v) is 6.23. The van der Waals surface area contributed by atoms with Crippen molar-refractivity contribution in [3.8, 4) is 0 Å². The van der Waals surface area contributed by atoms with Gasteiger partial charge in [0.2, 0.25) is 0 Å². The van der Waals surface area contributed by atoms with Crippen LogP contribution in [0.4, 0.5) is 0 Å². The summed E-state index contributed by atoms with van der Waals surface area (Å²) >= 11 is 8.43. The molecule has 0 radical (unpaired) electrons. The van der Waals surface area contributed by atoms with Gasteiger partial charge in [0.05, 0.1) is 0 Å². The van der Waals surface area contributed by atoms with Gasteiger partial charge in [-0.2, -0.15) is 0 Å². The molecule has 1 unspecified atom stereocenters. The van der Waals surface area contributed by atoms with Crippen LogP contribution in [0, 0.1) is 0 Å². The van der Waals surface area contributed by atoms with Crippen molar-refractivity contribution in [2.45, 2.75) is 52.0 Å². The SMILES string of the molecule is CCCCCC(CC)NC(O)=S.NC(O)=S.[SbH3]. The Morgan fingerprint density at radius 2 is 1.71 bits per heavy atom. The number of hydrogen-bond acceptors (Lipinski definition) is 2. The number of thiocarbonyl (C=S) groups is 2. The molecule has 0 saturated carbocycles. The van der Waals surface area contributed by atoms with Gasteiger partial charge in [-0.05, 0) is 37.3 Å². The molecule has 0 heterocycles. The Hall–Kier alpha value is 0.198. The van der Waals surface area contributed by atoms with Crippen LogP contribution in [0.3, 0.4) is 0 Å². The van der Waals surface area contributed by atoms with E-state index in [1.807, 2.05) is 0 Å². The zero-order chi connectivity index (χ0) is 13.0. The molecule has 0 saturated heterocycles. The zero-order valence-corrected chi connectivity index (χ0v) is 16.3. The molecule has 0 rings (SSSR count). The van der Waals surface area contributed by atoms with Gasteiger partial charge in [0.1, 0.15) is 0 Å². The third-order valence-electron chi connectivity index (χ3n) is 1.98. The number of nitrogens with one attached hydrogen (secondary N) is 1. The summed E-state index contributed by atoms with van der Waals surface area (Å²) < 4.78 is 0. The molecular formula is C10H25N2O2S2Sb. The molecule has 0 fully saturated rings. The van der Waals surface area contributed by atoms with Crippen molar-refractivity contribution in [3.63, 3.8) is 0 Å². The summed E-state index contributed by atoms with van der Waals surface area (Å²) in [7, 11) is 0. The molecule has 0 aromatic carbocycles. The van der Waals surface area contributed by atoms with Crippen molar-refractivity contribution in [3.05, 3.63) is 0 Å². The van der Waals surface area contributed by atoms with Gasteiger partial charge in [-0.15, -0.1) is 0 Å². The summed E-state index contributed by atoms with van der Waals surface area (Å²) in [5.41, 5.74) is 4.40. The normalized spacial score (nSPS) is 10.2. The van der Waals surface area contributed by atoms with Crippen molar-refractivity contribution in [2.24, 2.45) is 5.73 Å². The Balaban J connectivity index is -0.000000340. The van der Waals surface area contributed by atoms with Crippen LogP contribution < -0.4 is 11.1 Å². The molecule has 0 aliphatic carbocycles. The van der Waals surface area contributed by atoms with Gasteiger partial charge in [-0.3, -0.25) is 0 Å². The third-order valence-corrected chi connectivity index (χ3v) is 2.09. The van der Waals surface area contributed by atoms with Crippen LogP contribution in [-0.4, -0.2) is 51.0 Å². The summed E-state index contributed by atoms with van der Waals surface area (Å²) in [5, 5.41) is 18.7. The molecule has 0 aliphatic heterocycles. The van der Waals surface area contributed by atoms with E-state index >= 15 is 0 Å².